The molecule has 0 saturated carbocycles. The third-order valence-corrected chi connectivity index (χ3v) is 2.07. The molecule has 2 heteroatoms. The minimum atomic E-state index is 0.589. The van der Waals surface area contributed by atoms with Gasteiger partial charge in [-0.25, -0.2) is 0 Å². The lowest BCUT2D eigenvalue weighted by atomic mass is 9.99. The van der Waals surface area contributed by atoms with Gasteiger partial charge in [-0.05, 0) is 29.5 Å². The molecule has 72 valence electrons. The van der Waals surface area contributed by atoms with Gasteiger partial charge in [-0.2, -0.15) is 0 Å². The lowest BCUT2D eigenvalue weighted by Gasteiger charge is -2.09. The molecule has 4 N–H and O–H groups in total. The van der Waals surface area contributed by atoms with E-state index < -0.39 is 0 Å². The van der Waals surface area contributed by atoms with Gasteiger partial charge < -0.3 is 11.5 Å². The van der Waals surface area contributed by atoms with Gasteiger partial charge in [0.2, 0.25) is 0 Å². The van der Waals surface area contributed by atoms with Gasteiger partial charge in [0.25, 0.3) is 0 Å². The van der Waals surface area contributed by atoms with Gasteiger partial charge in [-0.1, -0.05) is 26.0 Å². The molecule has 0 radical (unpaired) electrons. The summed E-state index contributed by atoms with van der Waals surface area (Å²) in [5, 5.41) is 0. The average molecular weight is 178 g/mol. The fourth-order valence-electron chi connectivity index (χ4n) is 1.40. The van der Waals surface area contributed by atoms with Crippen LogP contribution in [0.4, 0.5) is 5.69 Å². The van der Waals surface area contributed by atoms with E-state index in [1.54, 1.807) is 0 Å². The molecule has 0 fully saturated rings. The Hall–Kier alpha value is -1.02. The van der Waals surface area contributed by atoms with E-state index in [0.717, 1.165) is 17.7 Å². The van der Waals surface area contributed by atoms with Crippen molar-refractivity contribution in [1.29, 1.82) is 0 Å². The van der Waals surface area contributed by atoms with E-state index in [2.05, 4.69) is 19.9 Å². The number of benzene rings is 1. The summed E-state index contributed by atoms with van der Waals surface area (Å²) in [6.07, 6.45) is 1.03. The van der Waals surface area contributed by atoms with Gasteiger partial charge in [0, 0.05) is 12.2 Å². The lowest BCUT2D eigenvalue weighted by molar-refractivity contribution is 0.648. The fraction of sp³-hybridized carbons (Fsp3) is 0.455. The maximum absolute atomic E-state index is 5.85. The Balaban J connectivity index is 2.90. The fourth-order valence-corrected chi connectivity index (χ4v) is 1.40. The van der Waals surface area contributed by atoms with Crippen LogP contribution in [0, 0.1) is 5.92 Å². The van der Waals surface area contributed by atoms with Gasteiger partial charge in [0.05, 0.1) is 0 Å². The number of rotatable bonds is 3. The Labute approximate surface area is 79.9 Å². The Morgan fingerprint density at radius 2 is 2.00 bits per heavy atom. The van der Waals surface area contributed by atoms with Crippen LogP contribution >= 0.6 is 0 Å². The van der Waals surface area contributed by atoms with Crippen LogP contribution in [0.3, 0.4) is 0 Å². The molecule has 0 saturated heterocycles. The highest BCUT2D eigenvalue weighted by Gasteiger charge is 2.02. The van der Waals surface area contributed by atoms with Gasteiger partial charge in [0.1, 0.15) is 0 Å². The topological polar surface area (TPSA) is 52.0 Å². The van der Waals surface area contributed by atoms with Crippen molar-refractivity contribution in [3.63, 3.8) is 0 Å². The highest BCUT2D eigenvalue weighted by molar-refractivity contribution is 5.48. The lowest BCUT2D eigenvalue weighted by Crippen LogP contribution is -2.03. The van der Waals surface area contributed by atoms with E-state index in [1.807, 2.05) is 12.1 Å². The molecule has 0 aliphatic heterocycles. The van der Waals surface area contributed by atoms with Crippen LogP contribution in [0.25, 0.3) is 0 Å². The number of hydrogen-bond donors (Lipinski definition) is 2. The Kier molecular flexibility index (Phi) is 3.32. The number of anilines is 1. The van der Waals surface area contributed by atoms with E-state index in [-0.39, 0.29) is 0 Å². The second-order valence-corrected chi connectivity index (χ2v) is 3.84. The van der Waals surface area contributed by atoms with Crippen LogP contribution in [0.1, 0.15) is 25.0 Å². The Bertz CT molecular complexity index is 279. The van der Waals surface area contributed by atoms with Crippen LogP contribution < -0.4 is 11.5 Å². The summed E-state index contributed by atoms with van der Waals surface area (Å²) in [6.45, 7) is 4.97. The first-order valence-electron chi connectivity index (χ1n) is 4.71. The highest BCUT2D eigenvalue weighted by Crippen LogP contribution is 2.17. The number of nitrogen functional groups attached to an aromatic ring is 1. The molecule has 1 rings (SSSR count). The molecule has 0 spiro atoms. The Morgan fingerprint density at radius 1 is 1.31 bits per heavy atom. The smallest absolute Gasteiger partial charge is 0.0346 e. The zero-order chi connectivity index (χ0) is 9.84. The molecule has 0 amide bonds. The summed E-state index contributed by atoms with van der Waals surface area (Å²) in [5.74, 6) is 0.635. The molecule has 0 bridgehead atoms. The number of nitrogens with two attached hydrogens (primary N) is 2. The highest BCUT2D eigenvalue weighted by atomic mass is 14.6. The molecule has 0 unspecified atom stereocenters. The largest absolute Gasteiger partial charge is 0.399 e. The zero-order valence-electron chi connectivity index (χ0n) is 8.38. The summed E-state index contributed by atoms with van der Waals surface area (Å²) >= 11 is 0. The first-order valence-corrected chi connectivity index (χ1v) is 4.71. The molecule has 0 heterocycles. The molecular formula is C11H18N2. The minimum Gasteiger partial charge on any atom is -0.399 e. The molecule has 0 aliphatic rings. The molecule has 0 aromatic heterocycles. The van der Waals surface area contributed by atoms with Crippen LogP contribution in [-0.4, -0.2) is 0 Å². The van der Waals surface area contributed by atoms with E-state index in [9.17, 15) is 0 Å². The van der Waals surface area contributed by atoms with Crippen LogP contribution in [0.5, 0.6) is 0 Å². The normalized spacial score (nSPS) is 10.8. The van der Waals surface area contributed by atoms with E-state index in [4.69, 9.17) is 11.5 Å². The van der Waals surface area contributed by atoms with Crippen LogP contribution in [0.2, 0.25) is 0 Å². The standard InChI is InChI=1S/C11H18N2/c1-8(2)5-10-6-9(7-12)3-4-11(10)13/h3-4,6,8H,5,7,12-13H2,1-2H3. The number of hydrogen-bond acceptors (Lipinski definition) is 2. The second-order valence-electron chi connectivity index (χ2n) is 3.84. The van der Waals surface area contributed by atoms with Crippen molar-refractivity contribution in [1.82, 2.24) is 0 Å². The van der Waals surface area contributed by atoms with Crippen molar-refractivity contribution in [3.05, 3.63) is 29.3 Å². The maximum Gasteiger partial charge on any atom is 0.0346 e. The molecule has 2 nitrogen and oxygen atoms in total. The molecule has 1 aromatic rings. The summed E-state index contributed by atoms with van der Waals surface area (Å²) in [6, 6.07) is 6.04. The minimum absolute atomic E-state index is 0.589. The summed E-state index contributed by atoms with van der Waals surface area (Å²) in [4.78, 5) is 0. The molecule has 0 atom stereocenters. The molecule has 0 aliphatic carbocycles. The third kappa shape index (κ3) is 2.74. The summed E-state index contributed by atoms with van der Waals surface area (Å²) < 4.78 is 0. The van der Waals surface area contributed by atoms with Crippen LogP contribution in [-0.2, 0) is 13.0 Å². The molecular weight excluding hydrogens is 160 g/mol. The quantitative estimate of drug-likeness (QED) is 0.695. The van der Waals surface area contributed by atoms with E-state index in [1.165, 1.54) is 5.56 Å². The first-order chi connectivity index (χ1) is 6.13. The van der Waals surface area contributed by atoms with E-state index in [0.29, 0.717) is 12.5 Å². The molecule has 13 heavy (non-hydrogen) atoms. The monoisotopic (exact) mass is 178 g/mol. The second kappa shape index (κ2) is 4.28. The van der Waals surface area contributed by atoms with Crippen LogP contribution in [0.15, 0.2) is 18.2 Å². The molecule has 1 aromatic carbocycles. The van der Waals surface area contributed by atoms with Crippen molar-refractivity contribution >= 4 is 5.69 Å². The predicted octanol–water partition coefficient (Wildman–Crippen LogP) is 1.93. The van der Waals surface area contributed by atoms with E-state index >= 15 is 0 Å². The van der Waals surface area contributed by atoms with Crippen molar-refractivity contribution < 1.29 is 0 Å². The van der Waals surface area contributed by atoms with Crippen molar-refractivity contribution in [2.24, 2.45) is 11.7 Å². The SMILES string of the molecule is CC(C)Cc1cc(CN)ccc1N. The summed E-state index contributed by atoms with van der Waals surface area (Å²) in [5.41, 5.74) is 14.7. The van der Waals surface area contributed by atoms with Crippen molar-refractivity contribution in [3.8, 4) is 0 Å². The predicted molar refractivity (Wildman–Crippen MR) is 57.3 cm³/mol. The third-order valence-electron chi connectivity index (χ3n) is 2.07. The first kappa shape index (κ1) is 10.1. The van der Waals surface area contributed by atoms with Gasteiger partial charge in [-0.15, -0.1) is 0 Å². The van der Waals surface area contributed by atoms with Crippen molar-refractivity contribution in [2.75, 3.05) is 5.73 Å². The average Bonchev–Trinajstić information content (AvgIpc) is 2.08. The Morgan fingerprint density at radius 3 is 2.54 bits per heavy atom. The van der Waals surface area contributed by atoms with Gasteiger partial charge in [0.15, 0.2) is 0 Å². The van der Waals surface area contributed by atoms with Gasteiger partial charge in [-0.3, -0.25) is 0 Å². The van der Waals surface area contributed by atoms with Crippen molar-refractivity contribution in [2.45, 2.75) is 26.8 Å². The van der Waals surface area contributed by atoms with Gasteiger partial charge >= 0.3 is 0 Å². The zero-order valence-corrected chi connectivity index (χ0v) is 8.38. The summed E-state index contributed by atoms with van der Waals surface area (Å²) in [7, 11) is 0. The maximum atomic E-state index is 5.85.